The lowest BCUT2D eigenvalue weighted by Crippen LogP contribution is -2.60. The third-order valence-corrected chi connectivity index (χ3v) is 7.33. The van der Waals surface area contributed by atoms with Gasteiger partial charge in [0.2, 0.25) is 0 Å². The van der Waals surface area contributed by atoms with E-state index in [0.29, 0.717) is 19.3 Å². The van der Waals surface area contributed by atoms with Gasteiger partial charge in [-0.1, -0.05) is 25.0 Å². The summed E-state index contributed by atoms with van der Waals surface area (Å²) in [4.78, 5) is 0. The number of aliphatic hydroxyl groups excluding tert-OH is 7. The van der Waals surface area contributed by atoms with Crippen molar-refractivity contribution in [2.45, 2.75) is 121 Å². The minimum atomic E-state index is -1.55. The SMILES string of the molecule is CC1=C(CC[C@@H](C)O[C@@H]2O[C@H](CO[C@@H]3OC[C@H](O)[C@H](O)[C@H]3O)[C@@H](O)[C@H](O)[C@H]2O)C(C)(C)C[C@@H](O)C1. The van der Waals surface area contributed by atoms with E-state index >= 15 is 0 Å². The molecule has 204 valence electrons. The molecule has 7 N–H and O–H groups in total. The van der Waals surface area contributed by atoms with E-state index in [1.807, 2.05) is 13.8 Å². The molecule has 35 heavy (non-hydrogen) atoms. The number of ether oxygens (including phenoxy) is 4. The highest BCUT2D eigenvalue weighted by Crippen LogP contribution is 2.42. The molecular weight excluding hydrogens is 464 g/mol. The highest BCUT2D eigenvalue weighted by atomic mass is 16.7. The molecule has 1 aliphatic carbocycles. The fourth-order valence-electron chi connectivity index (χ4n) is 5.32. The van der Waals surface area contributed by atoms with Gasteiger partial charge in [0.25, 0.3) is 0 Å². The lowest BCUT2D eigenvalue weighted by atomic mass is 9.70. The van der Waals surface area contributed by atoms with Crippen LogP contribution in [0.15, 0.2) is 11.1 Å². The number of hydrogen-bond donors (Lipinski definition) is 7. The third kappa shape index (κ3) is 6.79. The Balaban J connectivity index is 1.55. The lowest BCUT2D eigenvalue weighted by Gasteiger charge is -2.42. The summed E-state index contributed by atoms with van der Waals surface area (Å²) in [7, 11) is 0. The maximum atomic E-state index is 10.4. The van der Waals surface area contributed by atoms with Gasteiger partial charge in [0.1, 0.15) is 42.7 Å². The van der Waals surface area contributed by atoms with Gasteiger partial charge in [0.05, 0.1) is 25.4 Å². The zero-order valence-corrected chi connectivity index (χ0v) is 20.9. The van der Waals surface area contributed by atoms with E-state index in [4.69, 9.17) is 18.9 Å². The second-order valence-electron chi connectivity index (χ2n) is 10.8. The van der Waals surface area contributed by atoms with Gasteiger partial charge in [-0.2, -0.15) is 0 Å². The quantitative estimate of drug-likeness (QED) is 0.199. The average Bonchev–Trinajstić information content (AvgIpc) is 2.76. The van der Waals surface area contributed by atoms with Crippen molar-refractivity contribution in [1.29, 1.82) is 0 Å². The molecule has 2 saturated heterocycles. The highest BCUT2D eigenvalue weighted by molar-refractivity contribution is 5.24. The molecule has 0 bridgehead atoms. The number of aliphatic hydroxyl groups is 7. The van der Waals surface area contributed by atoms with Gasteiger partial charge in [-0.05, 0) is 44.9 Å². The van der Waals surface area contributed by atoms with Gasteiger partial charge in [-0.3, -0.25) is 0 Å². The molecule has 0 saturated carbocycles. The van der Waals surface area contributed by atoms with Crippen molar-refractivity contribution in [2.24, 2.45) is 5.41 Å². The van der Waals surface area contributed by atoms with Crippen LogP contribution in [-0.4, -0.2) is 116 Å². The molecule has 2 fully saturated rings. The molecule has 2 heterocycles. The molecule has 0 spiro atoms. The van der Waals surface area contributed by atoms with Gasteiger partial charge >= 0.3 is 0 Å². The van der Waals surface area contributed by atoms with Crippen LogP contribution < -0.4 is 0 Å². The molecule has 2 aliphatic heterocycles. The van der Waals surface area contributed by atoms with Crippen molar-refractivity contribution in [3.05, 3.63) is 11.1 Å². The standard InChI is InChI=1S/C24H42O11/c1-11-7-13(25)8-24(3,4)14(11)6-5-12(2)34-23-21(31)19(29)18(28)16(35-23)10-33-22-20(30)17(27)15(26)9-32-22/h12-13,15-23,25-31H,5-10H2,1-4H3/t12-,13+,15+,16-,17+,18-,19+,20-,21-,22+,23-/m1/s1. The summed E-state index contributed by atoms with van der Waals surface area (Å²) in [6.07, 6.45) is -10.3. The van der Waals surface area contributed by atoms with Gasteiger partial charge in [-0.15, -0.1) is 0 Å². The van der Waals surface area contributed by atoms with E-state index < -0.39 is 55.3 Å². The normalized spacial score (nSPS) is 43.3. The minimum absolute atomic E-state index is 0.125. The fraction of sp³-hybridized carbons (Fsp3) is 0.917. The van der Waals surface area contributed by atoms with Crippen molar-refractivity contribution in [1.82, 2.24) is 0 Å². The second kappa shape index (κ2) is 11.8. The lowest BCUT2D eigenvalue weighted by molar-refractivity contribution is -0.326. The average molecular weight is 507 g/mol. The van der Waals surface area contributed by atoms with Crippen LogP contribution in [0.25, 0.3) is 0 Å². The molecule has 0 amide bonds. The predicted octanol–water partition coefficient (Wildman–Crippen LogP) is -1.07. The predicted molar refractivity (Wildman–Crippen MR) is 122 cm³/mol. The van der Waals surface area contributed by atoms with Crippen LogP contribution in [-0.2, 0) is 18.9 Å². The molecule has 11 heteroatoms. The Morgan fingerprint density at radius 3 is 2.26 bits per heavy atom. The maximum Gasteiger partial charge on any atom is 0.186 e. The van der Waals surface area contributed by atoms with E-state index in [2.05, 4.69) is 13.8 Å². The summed E-state index contributed by atoms with van der Waals surface area (Å²) in [5, 5.41) is 70.5. The molecule has 0 radical (unpaired) electrons. The Morgan fingerprint density at radius 2 is 1.60 bits per heavy atom. The van der Waals surface area contributed by atoms with Crippen LogP contribution in [0.1, 0.15) is 53.4 Å². The number of hydrogen-bond acceptors (Lipinski definition) is 11. The first-order valence-electron chi connectivity index (χ1n) is 12.3. The Morgan fingerprint density at radius 1 is 0.943 bits per heavy atom. The number of allylic oxidation sites excluding steroid dienone is 1. The second-order valence-corrected chi connectivity index (χ2v) is 10.8. The van der Waals surface area contributed by atoms with Crippen LogP contribution in [0.2, 0.25) is 0 Å². The molecular formula is C24H42O11. The zero-order chi connectivity index (χ0) is 26.1. The molecule has 0 unspecified atom stereocenters. The van der Waals surface area contributed by atoms with Crippen LogP contribution in [0.3, 0.4) is 0 Å². The monoisotopic (exact) mass is 506 g/mol. The molecule has 11 nitrogen and oxygen atoms in total. The van der Waals surface area contributed by atoms with Crippen molar-refractivity contribution < 1.29 is 54.7 Å². The van der Waals surface area contributed by atoms with E-state index in [1.165, 1.54) is 11.1 Å². The molecule has 0 aromatic carbocycles. The Hall–Kier alpha value is -0.700. The van der Waals surface area contributed by atoms with Crippen molar-refractivity contribution in [2.75, 3.05) is 13.2 Å². The summed E-state index contributed by atoms with van der Waals surface area (Å²) < 4.78 is 22.2. The number of rotatable bonds is 8. The Kier molecular flexibility index (Phi) is 9.72. The van der Waals surface area contributed by atoms with Crippen molar-refractivity contribution >= 4 is 0 Å². The van der Waals surface area contributed by atoms with Crippen LogP contribution >= 0.6 is 0 Å². The Bertz CT molecular complexity index is 728. The fourth-order valence-corrected chi connectivity index (χ4v) is 5.32. The molecule has 0 aromatic heterocycles. The first-order chi connectivity index (χ1) is 16.3. The van der Waals surface area contributed by atoms with Crippen LogP contribution in [0.5, 0.6) is 0 Å². The summed E-state index contributed by atoms with van der Waals surface area (Å²) in [5.41, 5.74) is 2.33. The van der Waals surface area contributed by atoms with E-state index in [9.17, 15) is 35.7 Å². The molecule has 3 rings (SSSR count). The maximum absolute atomic E-state index is 10.4. The highest BCUT2D eigenvalue weighted by Gasteiger charge is 2.46. The van der Waals surface area contributed by atoms with Crippen molar-refractivity contribution in [3.63, 3.8) is 0 Å². The molecule has 11 atom stereocenters. The van der Waals surface area contributed by atoms with Crippen LogP contribution in [0.4, 0.5) is 0 Å². The first kappa shape index (κ1) is 28.9. The van der Waals surface area contributed by atoms with Crippen molar-refractivity contribution in [3.8, 4) is 0 Å². The van der Waals surface area contributed by atoms with E-state index in [0.717, 1.165) is 6.42 Å². The van der Waals surface area contributed by atoms with Crippen LogP contribution in [0, 0.1) is 5.41 Å². The largest absolute Gasteiger partial charge is 0.393 e. The molecule has 3 aliphatic rings. The summed E-state index contributed by atoms with van der Waals surface area (Å²) in [6.45, 7) is 7.53. The first-order valence-corrected chi connectivity index (χ1v) is 12.3. The zero-order valence-electron chi connectivity index (χ0n) is 20.9. The van der Waals surface area contributed by atoms with E-state index in [-0.39, 0.29) is 30.8 Å². The molecule has 0 aromatic rings. The summed E-state index contributed by atoms with van der Waals surface area (Å²) in [5.74, 6) is 0. The smallest absolute Gasteiger partial charge is 0.186 e. The van der Waals surface area contributed by atoms with Gasteiger partial charge < -0.3 is 54.7 Å². The van der Waals surface area contributed by atoms with Gasteiger partial charge in [0, 0.05) is 0 Å². The summed E-state index contributed by atoms with van der Waals surface area (Å²) >= 11 is 0. The Labute approximate surface area is 205 Å². The van der Waals surface area contributed by atoms with E-state index in [1.54, 1.807) is 0 Å². The van der Waals surface area contributed by atoms with Gasteiger partial charge in [0.15, 0.2) is 12.6 Å². The minimum Gasteiger partial charge on any atom is -0.393 e. The van der Waals surface area contributed by atoms with Gasteiger partial charge in [-0.25, -0.2) is 0 Å². The topological polar surface area (TPSA) is 179 Å². The third-order valence-electron chi connectivity index (χ3n) is 7.33. The summed E-state index contributed by atoms with van der Waals surface area (Å²) in [6, 6.07) is 0.